The van der Waals surface area contributed by atoms with Gasteiger partial charge in [-0.2, -0.15) is 0 Å². The van der Waals surface area contributed by atoms with Gasteiger partial charge in [0, 0.05) is 5.56 Å². The highest BCUT2D eigenvalue weighted by atomic mass is 19.4. The van der Waals surface area contributed by atoms with Crippen molar-refractivity contribution in [2.75, 3.05) is 7.05 Å². The standard InChI is InChI=1S/C13H12F3NO2/c1-17-8-11-6-7-12(18-11)9-2-4-10(5-3-9)19-13(14,15)16/h2-7,17H,8H2,1H3. The number of furan rings is 1. The molecule has 0 aliphatic carbocycles. The molecule has 0 amide bonds. The number of benzene rings is 1. The highest BCUT2D eigenvalue weighted by molar-refractivity contribution is 5.58. The Labute approximate surface area is 108 Å². The molecule has 0 saturated carbocycles. The maximum Gasteiger partial charge on any atom is 0.573 e. The molecule has 0 bridgehead atoms. The summed E-state index contributed by atoms with van der Waals surface area (Å²) in [7, 11) is 1.80. The molecule has 0 unspecified atom stereocenters. The van der Waals surface area contributed by atoms with Crippen LogP contribution in [-0.2, 0) is 6.54 Å². The minimum atomic E-state index is -4.67. The van der Waals surface area contributed by atoms with E-state index in [2.05, 4.69) is 10.1 Å². The van der Waals surface area contributed by atoms with Crippen LogP contribution in [0.2, 0.25) is 0 Å². The minimum absolute atomic E-state index is 0.252. The molecule has 0 aliphatic heterocycles. The number of hydrogen-bond donors (Lipinski definition) is 1. The second-order valence-electron chi connectivity index (χ2n) is 3.87. The molecule has 0 atom stereocenters. The molecule has 0 spiro atoms. The summed E-state index contributed by atoms with van der Waals surface area (Å²) < 4.78 is 45.3. The summed E-state index contributed by atoms with van der Waals surface area (Å²) in [6, 6.07) is 9.12. The predicted octanol–water partition coefficient (Wildman–Crippen LogP) is 3.56. The fourth-order valence-electron chi connectivity index (χ4n) is 1.62. The average Bonchev–Trinajstić information content (AvgIpc) is 2.77. The van der Waals surface area contributed by atoms with E-state index in [0.29, 0.717) is 17.9 Å². The molecule has 1 heterocycles. The van der Waals surface area contributed by atoms with Gasteiger partial charge in [0.25, 0.3) is 0 Å². The summed E-state index contributed by atoms with van der Waals surface area (Å²) in [5.74, 6) is 1.11. The SMILES string of the molecule is CNCc1ccc(-c2ccc(OC(F)(F)F)cc2)o1. The molecule has 3 nitrogen and oxygen atoms in total. The Morgan fingerprint density at radius 2 is 1.79 bits per heavy atom. The summed E-state index contributed by atoms with van der Waals surface area (Å²) in [5.41, 5.74) is 0.692. The Balaban J connectivity index is 2.13. The van der Waals surface area contributed by atoms with Gasteiger partial charge in [0.2, 0.25) is 0 Å². The average molecular weight is 271 g/mol. The van der Waals surface area contributed by atoms with Crippen molar-refractivity contribution >= 4 is 0 Å². The zero-order chi connectivity index (χ0) is 13.9. The normalized spacial score (nSPS) is 11.6. The molecular formula is C13H12F3NO2. The van der Waals surface area contributed by atoms with Crippen LogP contribution in [0.25, 0.3) is 11.3 Å². The lowest BCUT2D eigenvalue weighted by atomic mass is 10.2. The van der Waals surface area contributed by atoms with Gasteiger partial charge in [-0.3, -0.25) is 0 Å². The molecule has 102 valence electrons. The molecule has 0 saturated heterocycles. The van der Waals surface area contributed by atoms with Crippen LogP contribution in [0.3, 0.4) is 0 Å². The summed E-state index contributed by atoms with van der Waals surface area (Å²) in [5, 5.41) is 2.94. The van der Waals surface area contributed by atoms with Gasteiger partial charge < -0.3 is 14.5 Å². The van der Waals surface area contributed by atoms with Crippen molar-refractivity contribution < 1.29 is 22.3 Å². The number of hydrogen-bond acceptors (Lipinski definition) is 3. The van der Waals surface area contributed by atoms with Crippen molar-refractivity contribution in [2.45, 2.75) is 12.9 Å². The molecule has 6 heteroatoms. The largest absolute Gasteiger partial charge is 0.573 e. The summed E-state index contributed by atoms with van der Waals surface area (Å²) in [6.45, 7) is 0.593. The lowest BCUT2D eigenvalue weighted by Crippen LogP contribution is -2.16. The molecule has 2 aromatic rings. The minimum Gasteiger partial charge on any atom is -0.460 e. The molecule has 0 radical (unpaired) electrons. The van der Waals surface area contributed by atoms with Crippen LogP contribution in [0.1, 0.15) is 5.76 Å². The number of alkyl halides is 3. The summed E-state index contributed by atoms with van der Waals surface area (Å²) in [4.78, 5) is 0. The Morgan fingerprint density at radius 3 is 2.37 bits per heavy atom. The number of rotatable bonds is 4. The smallest absolute Gasteiger partial charge is 0.460 e. The van der Waals surface area contributed by atoms with Gasteiger partial charge in [-0.15, -0.1) is 13.2 Å². The Bertz CT molecular complexity index is 532. The summed E-state index contributed by atoms with van der Waals surface area (Å²) in [6.07, 6.45) is -4.67. The van der Waals surface area contributed by atoms with Crippen LogP contribution in [0.5, 0.6) is 5.75 Å². The van der Waals surface area contributed by atoms with E-state index < -0.39 is 6.36 Å². The van der Waals surface area contributed by atoms with E-state index in [4.69, 9.17) is 4.42 Å². The van der Waals surface area contributed by atoms with E-state index in [0.717, 1.165) is 5.76 Å². The van der Waals surface area contributed by atoms with Crippen LogP contribution < -0.4 is 10.1 Å². The molecule has 19 heavy (non-hydrogen) atoms. The second kappa shape index (κ2) is 5.36. The first-order chi connectivity index (χ1) is 8.98. The van der Waals surface area contributed by atoms with Crippen molar-refractivity contribution in [2.24, 2.45) is 0 Å². The number of nitrogens with one attached hydrogen (secondary N) is 1. The third-order valence-electron chi connectivity index (χ3n) is 2.39. The van der Waals surface area contributed by atoms with Crippen LogP contribution >= 0.6 is 0 Å². The third-order valence-corrected chi connectivity index (χ3v) is 2.39. The monoisotopic (exact) mass is 271 g/mol. The van der Waals surface area contributed by atoms with E-state index in [1.165, 1.54) is 24.3 Å². The van der Waals surface area contributed by atoms with Crippen molar-refractivity contribution in [1.29, 1.82) is 0 Å². The van der Waals surface area contributed by atoms with E-state index in [1.54, 1.807) is 13.1 Å². The van der Waals surface area contributed by atoms with E-state index in [-0.39, 0.29) is 5.75 Å². The maximum absolute atomic E-state index is 12.0. The predicted molar refractivity (Wildman–Crippen MR) is 63.6 cm³/mol. The zero-order valence-electron chi connectivity index (χ0n) is 10.1. The van der Waals surface area contributed by atoms with Crippen LogP contribution in [0.4, 0.5) is 13.2 Å². The quantitative estimate of drug-likeness (QED) is 0.923. The third kappa shape index (κ3) is 3.75. The number of halogens is 3. The van der Waals surface area contributed by atoms with Gasteiger partial charge in [0.15, 0.2) is 0 Å². The van der Waals surface area contributed by atoms with Gasteiger partial charge in [0.05, 0.1) is 6.54 Å². The highest BCUT2D eigenvalue weighted by Crippen LogP contribution is 2.27. The van der Waals surface area contributed by atoms with Crippen LogP contribution in [-0.4, -0.2) is 13.4 Å². The molecule has 0 fully saturated rings. The van der Waals surface area contributed by atoms with Crippen molar-refractivity contribution in [3.63, 3.8) is 0 Å². The first kappa shape index (κ1) is 13.5. The van der Waals surface area contributed by atoms with Crippen LogP contribution in [0, 0.1) is 0 Å². The molecule has 1 aromatic carbocycles. The maximum atomic E-state index is 12.0. The second-order valence-corrected chi connectivity index (χ2v) is 3.87. The Morgan fingerprint density at radius 1 is 1.11 bits per heavy atom. The van der Waals surface area contributed by atoms with Gasteiger partial charge >= 0.3 is 6.36 Å². The first-order valence-electron chi connectivity index (χ1n) is 5.57. The Kier molecular flexibility index (Phi) is 3.80. The zero-order valence-corrected chi connectivity index (χ0v) is 10.1. The van der Waals surface area contributed by atoms with Crippen molar-refractivity contribution in [3.8, 4) is 17.1 Å². The highest BCUT2D eigenvalue weighted by Gasteiger charge is 2.30. The van der Waals surface area contributed by atoms with E-state index in [1.807, 2.05) is 6.07 Å². The molecular weight excluding hydrogens is 259 g/mol. The molecule has 1 aromatic heterocycles. The topological polar surface area (TPSA) is 34.4 Å². The summed E-state index contributed by atoms with van der Waals surface area (Å²) >= 11 is 0. The van der Waals surface area contributed by atoms with E-state index >= 15 is 0 Å². The van der Waals surface area contributed by atoms with Crippen molar-refractivity contribution in [1.82, 2.24) is 5.32 Å². The lowest BCUT2D eigenvalue weighted by molar-refractivity contribution is -0.274. The fourth-order valence-corrected chi connectivity index (χ4v) is 1.62. The molecule has 2 rings (SSSR count). The first-order valence-corrected chi connectivity index (χ1v) is 5.57. The Hall–Kier alpha value is -1.95. The van der Waals surface area contributed by atoms with Gasteiger partial charge in [-0.05, 0) is 43.4 Å². The lowest BCUT2D eigenvalue weighted by Gasteiger charge is -2.08. The van der Waals surface area contributed by atoms with Gasteiger partial charge in [-0.1, -0.05) is 0 Å². The van der Waals surface area contributed by atoms with Crippen LogP contribution in [0.15, 0.2) is 40.8 Å². The van der Waals surface area contributed by atoms with Crippen molar-refractivity contribution in [3.05, 3.63) is 42.2 Å². The molecule has 1 N–H and O–H groups in total. The van der Waals surface area contributed by atoms with E-state index in [9.17, 15) is 13.2 Å². The fraction of sp³-hybridized carbons (Fsp3) is 0.231. The van der Waals surface area contributed by atoms with Gasteiger partial charge in [-0.25, -0.2) is 0 Å². The number of ether oxygens (including phenoxy) is 1. The van der Waals surface area contributed by atoms with Gasteiger partial charge in [0.1, 0.15) is 17.3 Å². The molecule has 0 aliphatic rings.